The number of carbonyl (C=O) groups is 1. The van der Waals surface area contributed by atoms with Crippen LogP contribution in [-0.2, 0) is 4.79 Å². The molecular formula is C8H16O3S. The van der Waals surface area contributed by atoms with Gasteiger partial charge in [0, 0.05) is 5.25 Å². The van der Waals surface area contributed by atoms with E-state index in [-0.39, 0.29) is 0 Å². The summed E-state index contributed by atoms with van der Waals surface area (Å²) in [6.07, 6.45) is 2.40. The lowest BCUT2D eigenvalue weighted by Crippen LogP contribution is -2.29. The fourth-order valence-electron chi connectivity index (χ4n) is 0.926. The van der Waals surface area contributed by atoms with Crippen molar-refractivity contribution in [3.63, 3.8) is 0 Å². The number of carboxylic acid groups (broad SMARTS) is 1. The number of hydrogen-bond acceptors (Lipinski definition) is 3. The van der Waals surface area contributed by atoms with Crippen LogP contribution >= 0.6 is 12.6 Å². The van der Waals surface area contributed by atoms with Gasteiger partial charge in [0.1, 0.15) is 0 Å². The van der Waals surface area contributed by atoms with E-state index in [9.17, 15) is 4.79 Å². The van der Waals surface area contributed by atoms with E-state index in [1.54, 1.807) is 0 Å². The van der Waals surface area contributed by atoms with Gasteiger partial charge in [0.2, 0.25) is 0 Å². The van der Waals surface area contributed by atoms with Crippen LogP contribution in [0.15, 0.2) is 0 Å². The van der Waals surface area contributed by atoms with E-state index in [0.717, 1.165) is 19.3 Å². The first-order valence-electron chi connectivity index (χ1n) is 4.18. The Balaban J connectivity index is 3.56. The standard InChI is InChI=1S/C8H16O3S/c1-2-3-4-5-6(12)7(9)8(10)11/h6-7,9,12H,2-5H2,1H3,(H,10,11). The van der Waals surface area contributed by atoms with E-state index in [2.05, 4.69) is 19.6 Å². The molecule has 4 heteroatoms. The van der Waals surface area contributed by atoms with Gasteiger partial charge in [-0.15, -0.1) is 0 Å². The Hall–Kier alpha value is -0.220. The fraction of sp³-hybridized carbons (Fsp3) is 0.875. The fourth-order valence-corrected chi connectivity index (χ4v) is 1.24. The smallest absolute Gasteiger partial charge is 0.333 e. The van der Waals surface area contributed by atoms with Gasteiger partial charge in [-0.3, -0.25) is 0 Å². The third-order valence-corrected chi connectivity index (χ3v) is 2.26. The summed E-state index contributed by atoms with van der Waals surface area (Å²) >= 11 is 4.01. The van der Waals surface area contributed by atoms with Gasteiger partial charge in [-0.1, -0.05) is 26.2 Å². The minimum Gasteiger partial charge on any atom is -0.479 e. The zero-order valence-electron chi connectivity index (χ0n) is 7.23. The molecule has 3 nitrogen and oxygen atoms in total. The molecular weight excluding hydrogens is 176 g/mol. The number of hydrogen-bond donors (Lipinski definition) is 3. The highest BCUT2D eigenvalue weighted by atomic mass is 32.1. The molecule has 0 saturated carbocycles. The minimum atomic E-state index is -1.33. The van der Waals surface area contributed by atoms with Crippen LogP contribution < -0.4 is 0 Å². The quantitative estimate of drug-likeness (QED) is 0.439. The number of aliphatic hydroxyl groups excluding tert-OH is 1. The molecule has 0 aliphatic carbocycles. The third-order valence-electron chi connectivity index (χ3n) is 1.72. The first-order valence-corrected chi connectivity index (χ1v) is 4.70. The molecule has 0 aliphatic rings. The molecule has 0 amide bonds. The van der Waals surface area contributed by atoms with Gasteiger partial charge in [0.05, 0.1) is 0 Å². The number of rotatable bonds is 6. The number of thiol groups is 1. The van der Waals surface area contributed by atoms with E-state index in [0.29, 0.717) is 6.42 Å². The zero-order chi connectivity index (χ0) is 9.56. The number of aliphatic hydroxyl groups is 1. The van der Waals surface area contributed by atoms with Gasteiger partial charge in [0.15, 0.2) is 6.10 Å². The lowest BCUT2D eigenvalue weighted by Gasteiger charge is -2.13. The molecule has 0 heterocycles. The highest BCUT2D eigenvalue weighted by molar-refractivity contribution is 7.81. The molecule has 0 saturated heterocycles. The Labute approximate surface area is 78.2 Å². The molecule has 2 atom stereocenters. The van der Waals surface area contributed by atoms with Crippen molar-refractivity contribution in [2.45, 2.75) is 44.0 Å². The maximum Gasteiger partial charge on any atom is 0.333 e. The lowest BCUT2D eigenvalue weighted by atomic mass is 10.1. The van der Waals surface area contributed by atoms with Gasteiger partial charge >= 0.3 is 5.97 Å². The molecule has 12 heavy (non-hydrogen) atoms. The Morgan fingerprint density at radius 2 is 2.08 bits per heavy atom. The Morgan fingerprint density at radius 3 is 2.50 bits per heavy atom. The molecule has 0 aromatic carbocycles. The van der Waals surface area contributed by atoms with Crippen molar-refractivity contribution in [2.75, 3.05) is 0 Å². The van der Waals surface area contributed by atoms with E-state index in [1.165, 1.54) is 0 Å². The first kappa shape index (κ1) is 11.8. The predicted molar refractivity (Wildman–Crippen MR) is 50.6 cm³/mol. The second-order valence-corrected chi connectivity index (χ2v) is 3.51. The molecule has 2 N–H and O–H groups in total. The van der Waals surface area contributed by atoms with Crippen molar-refractivity contribution < 1.29 is 15.0 Å². The van der Waals surface area contributed by atoms with Crippen LogP contribution in [0.25, 0.3) is 0 Å². The van der Waals surface area contributed by atoms with Crippen molar-refractivity contribution in [3.05, 3.63) is 0 Å². The second kappa shape index (κ2) is 6.31. The average Bonchev–Trinajstić information content (AvgIpc) is 2.03. The summed E-state index contributed by atoms with van der Waals surface area (Å²) in [7, 11) is 0. The van der Waals surface area contributed by atoms with E-state index in [1.807, 2.05) is 0 Å². The van der Waals surface area contributed by atoms with Crippen molar-refractivity contribution >= 4 is 18.6 Å². The SMILES string of the molecule is CCCCCC(S)C(O)C(=O)O. The van der Waals surface area contributed by atoms with Crippen LogP contribution in [-0.4, -0.2) is 27.5 Å². The maximum absolute atomic E-state index is 10.3. The molecule has 0 bridgehead atoms. The van der Waals surface area contributed by atoms with E-state index in [4.69, 9.17) is 10.2 Å². The summed E-state index contributed by atoms with van der Waals surface area (Å²) in [4.78, 5) is 10.3. The number of carboxylic acids is 1. The summed E-state index contributed by atoms with van der Waals surface area (Å²) in [5, 5.41) is 17.0. The summed E-state index contributed by atoms with van der Waals surface area (Å²) in [6.45, 7) is 2.07. The molecule has 0 radical (unpaired) electrons. The highest BCUT2D eigenvalue weighted by Crippen LogP contribution is 2.12. The number of unbranched alkanes of at least 4 members (excludes halogenated alkanes) is 2. The molecule has 0 rings (SSSR count). The highest BCUT2D eigenvalue weighted by Gasteiger charge is 2.21. The third kappa shape index (κ3) is 4.62. The van der Waals surface area contributed by atoms with Crippen LogP contribution in [0.3, 0.4) is 0 Å². The molecule has 2 unspecified atom stereocenters. The second-order valence-electron chi connectivity index (χ2n) is 2.85. The summed E-state index contributed by atoms with van der Waals surface area (Å²) in [5.74, 6) is -1.19. The van der Waals surface area contributed by atoms with E-state index >= 15 is 0 Å². The molecule has 0 aromatic heterocycles. The summed E-state index contributed by atoms with van der Waals surface area (Å²) in [5.41, 5.74) is 0. The molecule has 0 aliphatic heterocycles. The van der Waals surface area contributed by atoms with Crippen LogP contribution in [0.5, 0.6) is 0 Å². The van der Waals surface area contributed by atoms with Crippen molar-refractivity contribution in [1.82, 2.24) is 0 Å². The van der Waals surface area contributed by atoms with Crippen LogP contribution in [0.4, 0.5) is 0 Å². The largest absolute Gasteiger partial charge is 0.479 e. The van der Waals surface area contributed by atoms with Crippen molar-refractivity contribution in [3.8, 4) is 0 Å². The molecule has 0 spiro atoms. The lowest BCUT2D eigenvalue weighted by molar-refractivity contribution is -0.146. The van der Waals surface area contributed by atoms with Crippen molar-refractivity contribution in [1.29, 1.82) is 0 Å². The first-order chi connectivity index (χ1) is 5.59. The molecule has 0 fully saturated rings. The number of aliphatic carboxylic acids is 1. The predicted octanol–water partition coefficient (Wildman–Crippen LogP) is 1.31. The monoisotopic (exact) mass is 192 g/mol. The van der Waals surface area contributed by atoms with Crippen LogP contribution in [0.2, 0.25) is 0 Å². The molecule has 72 valence electrons. The topological polar surface area (TPSA) is 57.5 Å². The Morgan fingerprint density at radius 1 is 1.50 bits per heavy atom. The summed E-state index contributed by atoms with van der Waals surface area (Å²) < 4.78 is 0. The molecule has 0 aromatic rings. The Kier molecular flexibility index (Phi) is 6.20. The van der Waals surface area contributed by atoms with Gasteiger partial charge in [0.25, 0.3) is 0 Å². The van der Waals surface area contributed by atoms with Crippen LogP contribution in [0.1, 0.15) is 32.6 Å². The Bertz CT molecular complexity index is 138. The van der Waals surface area contributed by atoms with Gasteiger partial charge in [-0.25, -0.2) is 4.79 Å². The van der Waals surface area contributed by atoms with Crippen molar-refractivity contribution in [2.24, 2.45) is 0 Å². The maximum atomic E-state index is 10.3. The van der Waals surface area contributed by atoms with Crippen LogP contribution in [0, 0.1) is 0 Å². The minimum absolute atomic E-state index is 0.436. The summed E-state index contributed by atoms with van der Waals surface area (Å²) in [6, 6.07) is 0. The van der Waals surface area contributed by atoms with E-state index < -0.39 is 17.3 Å². The average molecular weight is 192 g/mol. The normalized spacial score (nSPS) is 15.6. The van der Waals surface area contributed by atoms with Gasteiger partial charge in [-0.2, -0.15) is 12.6 Å². The van der Waals surface area contributed by atoms with Gasteiger partial charge in [-0.05, 0) is 6.42 Å². The van der Waals surface area contributed by atoms with Gasteiger partial charge < -0.3 is 10.2 Å². The zero-order valence-corrected chi connectivity index (χ0v) is 8.13.